The largest absolute Gasteiger partial charge is 0.497 e. The van der Waals surface area contributed by atoms with E-state index in [1.54, 1.807) is 7.11 Å². The number of methoxy groups -OCH3 is 1. The highest BCUT2D eigenvalue weighted by molar-refractivity contribution is 7.85. The lowest BCUT2D eigenvalue weighted by Crippen LogP contribution is -2.01. The molecule has 0 amide bonds. The Bertz CT molecular complexity index is 944. The third-order valence-electron chi connectivity index (χ3n) is 2.94. The molecule has 3 aromatic rings. The van der Waals surface area contributed by atoms with Gasteiger partial charge in [-0.1, -0.05) is 6.92 Å². The molecular weight excluding hydrogens is 322 g/mol. The van der Waals surface area contributed by atoms with Crippen molar-refractivity contribution in [3.8, 4) is 5.75 Å². The fourth-order valence-corrected chi connectivity index (χ4v) is 2.05. The first-order chi connectivity index (χ1) is 10.7. The fraction of sp³-hybridized carbons (Fsp3) is 0.308. The third kappa shape index (κ3) is 3.85. The van der Waals surface area contributed by atoms with Gasteiger partial charge >= 0.3 is 0 Å². The van der Waals surface area contributed by atoms with Gasteiger partial charge in [-0.05, 0) is 12.1 Å². The van der Waals surface area contributed by atoms with E-state index in [-0.39, 0.29) is 0 Å². The molecule has 23 heavy (non-hydrogen) atoms. The molecule has 1 aromatic carbocycles. The van der Waals surface area contributed by atoms with Gasteiger partial charge in [0, 0.05) is 12.5 Å². The van der Waals surface area contributed by atoms with Crippen molar-refractivity contribution in [2.24, 2.45) is 0 Å². The summed E-state index contributed by atoms with van der Waals surface area (Å²) < 4.78 is 33.0. The van der Waals surface area contributed by atoms with Crippen LogP contribution in [0.4, 0.5) is 5.82 Å². The number of nitrogen functional groups attached to an aromatic ring is 1. The minimum atomic E-state index is -3.67. The quantitative estimate of drug-likeness (QED) is 0.659. The smallest absolute Gasteiger partial charge is 0.261 e. The summed E-state index contributed by atoms with van der Waals surface area (Å²) in [6, 6.07) is 5.68. The van der Waals surface area contributed by atoms with E-state index >= 15 is 0 Å². The number of hydrogen-bond acceptors (Lipinski definition) is 7. The summed E-state index contributed by atoms with van der Waals surface area (Å²) >= 11 is 0. The Morgan fingerprint density at radius 1 is 1.35 bits per heavy atom. The normalized spacial score (nSPS) is 11.3. The molecule has 3 rings (SSSR count). The molecule has 2 heterocycles. The van der Waals surface area contributed by atoms with Gasteiger partial charge in [-0.15, -0.1) is 10.2 Å². The van der Waals surface area contributed by atoms with Crippen LogP contribution in [0.1, 0.15) is 12.7 Å². The van der Waals surface area contributed by atoms with E-state index in [0.29, 0.717) is 17.7 Å². The number of rotatable bonds is 2. The topological polar surface area (TPSA) is 133 Å². The van der Waals surface area contributed by atoms with Crippen molar-refractivity contribution >= 4 is 32.6 Å². The number of fused-ring (bicyclic) bond motifs is 3. The first-order valence-corrected chi connectivity index (χ1v) is 8.49. The zero-order valence-corrected chi connectivity index (χ0v) is 13.7. The number of benzene rings is 1. The van der Waals surface area contributed by atoms with Crippen LogP contribution >= 0.6 is 0 Å². The summed E-state index contributed by atoms with van der Waals surface area (Å²) in [5.41, 5.74) is 8.21. The molecular formula is C13H17N5O4S. The van der Waals surface area contributed by atoms with Gasteiger partial charge in [-0.2, -0.15) is 8.42 Å². The Kier molecular flexibility index (Phi) is 4.66. The van der Waals surface area contributed by atoms with Crippen LogP contribution in [0.25, 0.3) is 16.7 Å². The van der Waals surface area contributed by atoms with E-state index in [2.05, 4.69) is 15.2 Å². The highest BCUT2D eigenvalue weighted by Gasteiger charge is 2.12. The summed E-state index contributed by atoms with van der Waals surface area (Å²) in [4.78, 5) is 4.33. The third-order valence-corrected chi connectivity index (χ3v) is 2.94. The first kappa shape index (κ1) is 16.9. The van der Waals surface area contributed by atoms with Gasteiger partial charge in [0.05, 0.1) is 24.4 Å². The number of nitrogens with two attached hydrogens (primary N) is 1. The fourth-order valence-electron chi connectivity index (χ4n) is 2.05. The van der Waals surface area contributed by atoms with Gasteiger partial charge in [-0.3, -0.25) is 8.95 Å². The first-order valence-electron chi connectivity index (χ1n) is 6.64. The van der Waals surface area contributed by atoms with Gasteiger partial charge in [0.25, 0.3) is 10.1 Å². The van der Waals surface area contributed by atoms with Gasteiger partial charge < -0.3 is 10.5 Å². The van der Waals surface area contributed by atoms with E-state index in [1.807, 2.05) is 29.5 Å². The second-order valence-electron chi connectivity index (χ2n) is 4.71. The number of aromatic nitrogens is 4. The monoisotopic (exact) mass is 339 g/mol. The van der Waals surface area contributed by atoms with Crippen molar-refractivity contribution in [1.29, 1.82) is 0 Å². The Labute approximate surface area is 132 Å². The minimum Gasteiger partial charge on any atom is -0.497 e. The van der Waals surface area contributed by atoms with Crippen molar-refractivity contribution in [1.82, 2.24) is 19.6 Å². The molecule has 0 radical (unpaired) electrons. The van der Waals surface area contributed by atoms with Gasteiger partial charge in [0.15, 0.2) is 5.82 Å². The van der Waals surface area contributed by atoms with Crippen LogP contribution < -0.4 is 10.5 Å². The van der Waals surface area contributed by atoms with E-state index in [4.69, 9.17) is 15.0 Å². The minimum absolute atomic E-state index is 0.378. The van der Waals surface area contributed by atoms with Crippen molar-refractivity contribution < 1.29 is 17.7 Å². The number of hydrogen-bond donors (Lipinski definition) is 2. The van der Waals surface area contributed by atoms with Crippen LogP contribution in [-0.2, 0) is 16.5 Å². The molecule has 9 nitrogen and oxygen atoms in total. The molecule has 10 heteroatoms. The lowest BCUT2D eigenvalue weighted by molar-refractivity contribution is 0.415. The predicted molar refractivity (Wildman–Crippen MR) is 86.1 cm³/mol. The number of aryl methyl sites for hydroxylation is 1. The molecule has 0 bridgehead atoms. The average molecular weight is 339 g/mol. The molecule has 0 unspecified atom stereocenters. The maximum Gasteiger partial charge on any atom is 0.261 e. The standard InChI is InChI=1S/C12H13N5O.CH4O3S/c1-3-10-15-16-12-11(13)14-8-6-7(18-2)4-5-9(8)17(10)12;1-5(2,3)4/h4-6H,3H2,1-2H3,(H2,13,14);1H3,(H,2,3,4). The lowest BCUT2D eigenvalue weighted by atomic mass is 10.2. The van der Waals surface area contributed by atoms with Crippen molar-refractivity contribution in [2.75, 3.05) is 19.1 Å². The molecule has 0 aliphatic heterocycles. The highest BCUT2D eigenvalue weighted by atomic mass is 32.2. The number of anilines is 1. The highest BCUT2D eigenvalue weighted by Crippen LogP contribution is 2.23. The second-order valence-corrected chi connectivity index (χ2v) is 6.18. The molecule has 0 atom stereocenters. The van der Waals surface area contributed by atoms with Gasteiger partial charge in [0.1, 0.15) is 11.6 Å². The molecule has 0 fully saturated rings. The molecule has 0 saturated carbocycles. The predicted octanol–water partition coefficient (Wildman–Crippen LogP) is 0.935. The van der Waals surface area contributed by atoms with Crippen LogP contribution in [0.15, 0.2) is 18.2 Å². The summed E-state index contributed by atoms with van der Waals surface area (Å²) in [5, 5.41) is 8.21. The SMILES string of the molecule is CCc1nnc2c(N)nc3cc(OC)ccc3n12.CS(=O)(=O)O. The zero-order chi connectivity index (χ0) is 17.2. The van der Waals surface area contributed by atoms with E-state index < -0.39 is 10.1 Å². The van der Waals surface area contributed by atoms with Gasteiger partial charge in [0.2, 0.25) is 5.65 Å². The van der Waals surface area contributed by atoms with Crippen LogP contribution in [0.2, 0.25) is 0 Å². The van der Waals surface area contributed by atoms with E-state index in [1.165, 1.54) is 0 Å². The van der Waals surface area contributed by atoms with Crippen molar-refractivity contribution in [3.63, 3.8) is 0 Å². The van der Waals surface area contributed by atoms with Gasteiger partial charge in [-0.25, -0.2) is 4.98 Å². The molecule has 0 saturated heterocycles. The zero-order valence-electron chi connectivity index (χ0n) is 12.9. The average Bonchev–Trinajstić information content (AvgIpc) is 2.89. The summed E-state index contributed by atoms with van der Waals surface area (Å²) in [7, 11) is -2.04. The molecule has 2 aromatic heterocycles. The second kappa shape index (κ2) is 6.34. The number of ether oxygens (including phenoxy) is 1. The van der Waals surface area contributed by atoms with Crippen molar-refractivity contribution in [3.05, 3.63) is 24.0 Å². The Hall–Kier alpha value is -2.46. The van der Waals surface area contributed by atoms with E-state index in [0.717, 1.165) is 29.0 Å². The Balaban J connectivity index is 0.000000338. The van der Waals surface area contributed by atoms with Crippen LogP contribution in [0.3, 0.4) is 0 Å². The molecule has 124 valence electrons. The maximum absolute atomic E-state index is 9.19. The molecule has 0 aliphatic rings. The molecule has 3 N–H and O–H groups in total. The van der Waals surface area contributed by atoms with Crippen LogP contribution in [0, 0.1) is 0 Å². The lowest BCUT2D eigenvalue weighted by Gasteiger charge is -2.06. The Morgan fingerprint density at radius 3 is 2.57 bits per heavy atom. The summed E-state index contributed by atoms with van der Waals surface area (Å²) in [6.07, 6.45) is 1.50. The maximum atomic E-state index is 9.19. The number of nitrogens with zero attached hydrogens (tertiary/aromatic N) is 4. The summed E-state index contributed by atoms with van der Waals surface area (Å²) in [5.74, 6) is 2.00. The summed E-state index contributed by atoms with van der Waals surface area (Å²) in [6.45, 7) is 2.03. The molecule has 0 spiro atoms. The van der Waals surface area contributed by atoms with Crippen LogP contribution in [0.5, 0.6) is 5.75 Å². The van der Waals surface area contributed by atoms with E-state index in [9.17, 15) is 8.42 Å². The van der Waals surface area contributed by atoms with Crippen molar-refractivity contribution in [2.45, 2.75) is 13.3 Å². The van der Waals surface area contributed by atoms with Crippen LogP contribution in [-0.4, -0.2) is 45.9 Å². The Morgan fingerprint density at radius 2 is 2.00 bits per heavy atom. The molecule has 0 aliphatic carbocycles.